The Balaban J connectivity index is 1.23. The Morgan fingerprint density at radius 1 is 0.346 bits per heavy atom. The van der Waals surface area contributed by atoms with Crippen molar-refractivity contribution in [2.75, 3.05) is 0 Å². The third-order valence-electron chi connectivity index (χ3n) is 11.7. The molecule has 9 aromatic carbocycles. The Morgan fingerprint density at radius 2 is 0.865 bits per heavy atom. The zero-order valence-electron chi connectivity index (χ0n) is 29.1. The molecule has 1 aromatic heterocycles. The summed E-state index contributed by atoms with van der Waals surface area (Å²) in [6, 6.07) is 62.3. The lowest BCUT2D eigenvalue weighted by atomic mass is 9.79. The summed E-state index contributed by atoms with van der Waals surface area (Å²) in [5.74, 6) is 0. The van der Waals surface area contributed by atoms with Gasteiger partial charge in [0.05, 0.1) is 0 Å². The van der Waals surface area contributed by atoms with Gasteiger partial charge < -0.3 is 4.42 Å². The number of fused-ring (bicyclic) bond motifs is 10. The van der Waals surface area contributed by atoms with Gasteiger partial charge in [-0.25, -0.2) is 0 Å². The van der Waals surface area contributed by atoms with Crippen LogP contribution in [0, 0.1) is 0 Å². The van der Waals surface area contributed by atoms with E-state index in [2.05, 4.69) is 178 Å². The van der Waals surface area contributed by atoms with Crippen LogP contribution in [0.4, 0.5) is 0 Å². The molecule has 1 heteroatoms. The minimum atomic E-state index is -0.135. The molecule has 0 unspecified atom stereocenters. The molecule has 0 aliphatic heterocycles. The molecular weight excluding hydrogens is 629 g/mol. The Labute approximate surface area is 302 Å². The molecule has 1 aliphatic rings. The summed E-state index contributed by atoms with van der Waals surface area (Å²) in [7, 11) is 0. The van der Waals surface area contributed by atoms with E-state index in [1.165, 1.54) is 82.4 Å². The van der Waals surface area contributed by atoms with Crippen LogP contribution in [0.1, 0.15) is 25.0 Å². The molecule has 10 aromatic rings. The first-order valence-electron chi connectivity index (χ1n) is 18.2. The second kappa shape index (κ2) is 10.8. The molecule has 11 rings (SSSR count). The highest BCUT2D eigenvalue weighted by atomic mass is 16.3. The fourth-order valence-corrected chi connectivity index (χ4v) is 9.46. The van der Waals surface area contributed by atoms with Crippen molar-refractivity contribution in [1.29, 1.82) is 0 Å². The van der Waals surface area contributed by atoms with Gasteiger partial charge in [0.1, 0.15) is 11.2 Å². The van der Waals surface area contributed by atoms with E-state index in [0.29, 0.717) is 0 Å². The first kappa shape index (κ1) is 29.3. The van der Waals surface area contributed by atoms with Gasteiger partial charge in [0.2, 0.25) is 0 Å². The Bertz CT molecular complexity index is 3040. The fraction of sp³-hybridized carbons (Fsp3) is 0.0588. The van der Waals surface area contributed by atoms with E-state index in [1.807, 2.05) is 6.07 Å². The molecule has 0 radical (unpaired) electrons. The molecule has 0 fully saturated rings. The number of furan rings is 1. The maximum Gasteiger partial charge on any atom is 0.143 e. The molecule has 0 saturated heterocycles. The van der Waals surface area contributed by atoms with Crippen molar-refractivity contribution in [3.8, 4) is 44.5 Å². The van der Waals surface area contributed by atoms with Crippen molar-refractivity contribution in [2.45, 2.75) is 19.3 Å². The molecule has 0 amide bonds. The van der Waals surface area contributed by atoms with Crippen molar-refractivity contribution in [3.05, 3.63) is 181 Å². The van der Waals surface area contributed by atoms with Gasteiger partial charge in [0, 0.05) is 21.8 Å². The molecule has 0 spiro atoms. The van der Waals surface area contributed by atoms with E-state index in [9.17, 15) is 0 Å². The lowest BCUT2D eigenvalue weighted by Crippen LogP contribution is -2.15. The predicted molar refractivity (Wildman–Crippen MR) is 220 cm³/mol. The van der Waals surface area contributed by atoms with Crippen molar-refractivity contribution in [1.82, 2.24) is 0 Å². The quantitative estimate of drug-likeness (QED) is 0.172. The number of para-hydroxylation sites is 2. The first-order valence-corrected chi connectivity index (χ1v) is 18.2. The van der Waals surface area contributed by atoms with E-state index in [4.69, 9.17) is 4.42 Å². The van der Waals surface area contributed by atoms with Gasteiger partial charge in [-0.2, -0.15) is 0 Å². The Hall–Kier alpha value is -6.44. The van der Waals surface area contributed by atoms with Crippen LogP contribution in [-0.4, -0.2) is 0 Å². The summed E-state index contributed by atoms with van der Waals surface area (Å²) in [5, 5.41) is 9.92. The average molecular weight is 663 g/mol. The van der Waals surface area contributed by atoms with Crippen molar-refractivity contribution in [2.24, 2.45) is 0 Å². The van der Waals surface area contributed by atoms with Crippen molar-refractivity contribution >= 4 is 54.3 Å². The standard InChI is InChI=1S/C51H34O/c1-51(2)44-27-14-26-42(48(44)43-30-29-31-15-3-4-16-32(31)49(43)51)47-38-22-9-7-20-36(38)46(37-21-8-10-23-39(37)47)35-19-6-5-17-33(35)40-24-13-25-41-34-18-11-12-28-45(34)52-50(40)41/h3-30H,1-2H3. The van der Waals surface area contributed by atoms with Crippen LogP contribution >= 0.6 is 0 Å². The normalized spacial score (nSPS) is 13.3. The second-order valence-electron chi connectivity index (χ2n) is 14.7. The van der Waals surface area contributed by atoms with E-state index >= 15 is 0 Å². The molecule has 0 atom stereocenters. The summed E-state index contributed by atoms with van der Waals surface area (Å²) in [6.45, 7) is 4.79. The largest absolute Gasteiger partial charge is 0.455 e. The van der Waals surface area contributed by atoms with Gasteiger partial charge in [-0.3, -0.25) is 0 Å². The van der Waals surface area contributed by atoms with Gasteiger partial charge in [-0.05, 0) is 88.5 Å². The molecular formula is C51H34O. The molecule has 0 saturated carbocycles. The third-order valence-corrected chi connectivity index (χ3v) is 11.7. The third kappa shape index (κ3) is 3.94. The zero-order chi connectivity index (χ0) is 34.6. The molecule has 1 aliphatic carbocycles. The van der Waals surface area contributed by atoms with Gasteiger partial charge >= 0.3 is 0 Å². The van der Waals surface area contributed by atoms with Gasteiger partial charge in [-0.1, -0.05) is 178 Å². The minimum absolute atomic E-state index is 0.135. The maximum absolute atomic E-state index is 6.60. The summed E-state index contributed by atoms with van der Waals surface area (Å²) in [5.41, 5.74) is 14.5. The monoisotopic (exact) mass is 662 g/mol. The predicted octanol–water partition coefficient (Wildman–Crippen LogP) is 14.4. The van der Waals surface area contributed by atoms with Crippen LogP contribution in [0.5, 0.6) is 0 Å². The fourth-order valence-electron chi connectivity index (χ4n) is 9.46. The number of benzene rings is 9. The van der Waals surface area contributed by atoms with Crippen LogP contribution < -0.4 is 0 Å². The SMILES string of the molecule is CC1(C)c2cccc(-c3c4ccccc4c(-c4ccccc4-c4cccc5c4oc4ccccc45)c4ccccc34)c2-c2ccc3ccccc3c21. The molecule has 1 nitrogen and oxygen atoms in total. The summed E-state index contributed by atoms with van der Waals surface area (Å²) in [4.78, 5) is 0. The van der Waals surface area contributed by atoms with Crippen molar-refractivity contribution in [3.63, 3.8) is 0 Å². The van der Waals surface area contributed by atoms with E-state index < -0.39 is 0 Å². The van der Waals surface area contributed by atoms with Crippen LogP contribution in [0.2, 0.25) is 0 Å². The van der Waals surface area contributed by atoms with E-state index in [1.54, 1.807) is 0 Å². The zero-order valence-corrected chi connectivity index (χ0v) is 29.1. The lowest BCUT2D eigenvalue weighted by molar-refractivity contribution is 0.666. The Morgan fingerprint density at radius 3 is 1.60 bits per heavy atom. The molecule has 0 bridgehead atoms. The van der Waals surface area contributed by atoms with Gasteiger partial charge in [-0.15, -0.1) is 0 Å². The molecule has 0 N–H and O–H groups in total. The Kier molecular flexibility index (Phi) is 6.08. The minimum Gasteiger partial charge on any atom is -0.455 e. The van der Waals surface area contributed by atoms with Crippen LogP contribution in [0.3, 0.4) is 0 Å². The average Bonchev–Trinajstić information content (AvgIpc) is 3.69. The summed E-state index contributed by atoms with van der Waals surface area (Å²) >= 11 is 0. The summed E-state index contributed by atoms with van der Waals surface area (Å²) < 4.78 is 6.60. The summed E-state index contributed by atoms with van der Waals surface area (Å²) in [6.07, 6.45) is 0. The number of hydrogen-bond donors (Lipinski definition) is 0. The molecule has 52 heavy (non-hydrogen) atoms. The van der Waals surface area contributed by atoms with Crippen molar-refractivity contribution < 1.29 is 4.42 Å². The lowest BCUT2D eigenvalue weighted by Gasteiger charge is -2.24. The van der Waals surface area contributed by atoms with Gasteiger partial charge in [0.15, 0.2) is 0 Å². The van der Waals surface area contributed by atoms with Gasteiger partial charge in [0.25, 0.3) is 0 Å². The highest BCUT2D eigenvalue weighted by molar-refractivity contribution is 6.24. The van der Waals surface area contributed by atoms with E-state index in [-0.39, 0.29) is 5.41 Å². The highest BCUT2D eigenvalue weighted by Crippen LogP contribution is 2.56. The smallest absolute Gasteiger partial charge is 0.143 e. The van der Waals surface area contributed by atoms with Crippen LogP contribution in [0.25, 0.3) is 98.8 Å². The second-order valence-corrected chi connectivity index (χ2v) is 14.7. The maximum atomic E-state index is 6.60. The number of rotatable bonds is 3. The first-order chi connectivity index (χ1) is 25.6. The van der Waals surface area contributed by atoms with Crippen LogP contribution in [-0.2, 0) is 5.41 Å². The number of hydrogen-bond acceptors (Lipinski definition) is 1. The topological polar surface area (TPSA) is 13.1 Å². The highest BCUT2D eigenvalue weighted by Gasteiger charge is 2.38. The molecule has 244 valence electrons. The van der Waals surface area contributed by atoms with E-state index in [0.717, 1.165) is 27.5 Å². The van der Waals surface area contributed by atoms with Crippen LogP contribution in [0.15, 0.2) is 174 Å². The molecule has 1 heterocycles.